The molecular formula is C17H21N2O7S2-. The first-order valence-electron chi connectivity index (χ1n) is 7.89. The van der Waals surface area contributed by atoms with Crippen molar-refractivity contribution < 1.29 is 31.7 Å². The minimum Gasteiger partial charge on any atom is -0.759 e. The summed E-state index contributed by atoms with van der Waals surface area (Å²) < 4.78 is 49.6. The Balaban J connectivity index is 0.000000466. The molecule has 0 bridgehead atoms. The minimum atomic E-state index is -5.17. The Kier molecular flexibility index (Phi) is 12.4. The Morgan fingerprint density at radius 1 is 1.04 bits per heavy atom. The van der Waals surface area contributed by atoms with Gasteiger partial charge in [-0.3, -0.25) is 8.42 Å². The Labute approximate surface area is 169 Å². The molecule has 9 nitrogen and oxygen atoms in total. The average molecular weight is 429 g/mol. The van der Waals surface area contributed by atoms with Gasteiger partial charge in [-0.15, -0.1) is 12.6 Å². The fraction of sp³-hybridized carbons (Fsp3) is 0.294. The molecule has 0 atom stereocenters. The Morgan fingerprint density at radius 2 is 1.54 bits per heavy atom. The number of hydrogen-bond acceptors (Lipinski definition) is 9. The predicted molar refractivity (Wildman–Crippen MR) is 104 cm³/mol. The number of methoxy groups -OCH3 is 1. The summed E-state index contributed by atoms with van der Waals surface area (Å²) in [6.07, 6.45) is 0. The van der Waals surface area contributed by atoms with Crippen LogP contribution in [0.1, 0.15) is 13.8 Å². The molecule has 28 heavy (non-hydrogen) atoms. The van der Waals surface area contributed by atoms with Gasteiger partial charge in [-0.25, -0.2) is 0 Å². The lowest BCUT2D eigenvalue weighted by Crippen LogP contribution is -1.95. The topological polar surface area (TPSA) is 136 Å². The number of para-hydroxylation sites is 1. The second-order valence-corrected chi connectivity index (χ2v) is 5.98. The van der Waals surface area contributed by atoms with Gasteiger partial charge in [0.1, 0.15) is 11.5 Å². The summed E-state index contributed by atoms with van der Waals surface area (Å²) in [4.78, 5) is 3.79. The standard InChI is InChI=1S/C10H12N2O2S.C7H8O.H2O4S/c1-3-13-8-6-10(15)9(14-4-2)5-7(8)12-11;1-8-7-5-3-2-4-6-7;1-5(2,3)4/h5-6H,3-4H2,1-2H3;2-6H,1H3;(H2,1,2,3,4)/p-1. The SMILES string of the molecule is CCOc1cc([N+]#N)c(OCC)cc1S.COc1ccccc1.O=S(=O)([O-])[O-]. The van der Waals surface area contributed by atoms with Crippen LogP contribution >= 0.6 is 12.6 Å². The second kappa shape index (κ2) is 13.6. The zero-order valence-electron chi connectivity index (χ0n) is 15.6. The van der Waals surface area contributed by atoms with Crippen molar-refractivity contribution in [2.75, 3.05) is 20.3 Å². The number of diazo groups is 1. The molecule has 0 aliphatic heterocycles. The molecule has 2 rings (SSSR count). The van der Waals surface area contributed by atoms with Crippen molar-refractivity contribution in [3.8, 4) is 17.2 Å². The van der Waals surface area contributed by atoms with E-state index < -0.39 is 10.4 Å². The number of benzene rings is 2. The van der Waals surface area contributed by atoms with E-state index >= 15 is 0 Å². The van der Waals surface area contributed by atoms with Gasteiger partial charge in [0.2, 0.25) is 11.1 Å². The van der Waals surface area contributed by atoms with Crippen molar-refractivity contribution >= 4 is 28.7 Å². The monoisotopic (exact) mass is 429 g/mol. The summed E-state index contributed by atoms with van der Waals surface area (Å²) in [7, 11) is -3.50. The van der Waals surface area contributed by atoms with Crippen LogP contribution in [0.3, 0.4) is 0 Å². The van der Waals surface area contributed by atoms with E-state index in [2.05, 4.69) is 17.6 Å². The molecule has 0 radical (unpaired) electrons. The number of rotatable bonds is 5. The van der Waals surface area contributed by atoms with E-state index in [0.717, 1.165) is 5.75 Å². The van der Waals surface area contributed by atoms with Crippen LogP contribution in [-0.4, -0.2) is 37.8 Å². The van der Waals surface area contributed by atoms with Crippen molar-refractivity contribution in [1.82, 2.24) is 0 Å². The third kappa shape index (κ3) is 12.0. The predicted octanol–water partition coefficient (Wildman–Crippen LogP) is 3.61. The van der Waals surface area contributed by atoms with Crippen LogP contribution in [0.4, 0.5) is 5.69 Å². The maximum Gasteiger partial charge on any atom is 0.430 e. The summed E-state index contributed by atoms with van der Waals surface area (Å²) in [5.41, 5.74) is 0.345. The molecule has 0 N–H and O–H groups in total. The van der Waals surface area contributed by atoms with Gasteiger partial charge in [-0.1, -0.05) is 18.2 Å². The molecule has 2 aromatic carbocycles. The Hall–Kier alpha value is -2.52. The molecule has 0 aliphatic rings. The van der Waals surface area contributed by atoms with Crippen LogP contribution in [-0.2, 0) is 10.4 Å². The van der Waals surface area contributed by atoms with E-state index in [1.165, 1.54) is 0 Å². The highest BCUT2D eigenvalue weighted by molar-refractivity contribution is 7.80. The Bertz CT molecular complexity index is 846. The van der Waals surface area contributed by atoms with E-state index in [1.807, 2.05) is 44.2 Å². The van der Waals surface area contributed by atoms with Crippen molar-refractivity contribution in [1.29, 1.82) is 5.39 Å². The maximum atomic E-state index is 8.79. The fourth-order valence-corrected chi connectivity index (χ4v) is 1.96. The quantitative estimate of drug-likeness (QED) is 0.329. The van der Waals surface area contributed by atoms with Crippen LogP contribution in [0.2, 0.25) is 0 Å². The summed E-state index contributed by atoms with van der Waals surface area (Å²) >= 11 is 4.25. The molecule has 0 aromatic heterocycles. The summed E-state index contributed by atoms with van der Waals surface area (Å²) in [6.45, 7) is 4.77. The van der Waals surface area contributed by atoms with Crippen LogP contribution < -0.4 is 14.2 Å². The second-order valence-electron chi connectivity index (χ2n) is 4.68. The van der Waals surface area contributed by atoms with Crippen LogP contribution in [0.25, 0.3) is 4.98 Å². The molecule has 11 heteroatoms. The molecule has 0 aliphatic carbocycles. The Morgan fingerprint density at radius 3 is 1.93 bits per heavy atom. The molecule has 0 heterocycles. The zero-order chi connectivity index (χ0) is 21.6. The van der Waals surface area contributed by atoms with Crippen molar-refractivity contribution in [3.05, 3.63) is 47.4 Å². The van der Waals surface area contributed by atoms with E-state index in [4.69, 9.17) is 37.1 Å². The van der Waals surface area contributed by atoms with Gasteiger partial charge in [-0.2, -0.15) is 0 Å². The van der Waals surface area contributed by atoms with Crippen LogP contribution in [0, 0.1) is 5.39 Å². The molecule has 0 fully saturated rings. The summed E-state index contributed by atoms with van der Waals surface area (Å²) in [6, 6.07) is 12.9. The molecule has 0 saturated heterocycles. The smallest absolute Gasteiger partial charge is 0.430 e. The first-order chi connectivity index (χ1) is 13.2. The minimum absolute atomic E-state index is 0.345. The molecular weight excluding hydrogens is 408 g/mol. The van der Waals surface area contributed by atoms with E-state index in [9.17, 15) is 0 Å². The van der Waals surface area contributed by atoms with Crippen LogP contribution in [0.15, 0.2) is 47.4 Å². The number of nitrogens with zero attached hydrogens (tertiary/aromatic N) is 2. The normalized spacial score (nSPS) is 9.61. The van der Waals surface area contributed by atoms with Gasteiger partial charge in [0.15, 0.2) is 4.98 Å². The first-order valence-corrected chi connectivity index (χ1v) is 9.67. The van der Waals surface area contributed by atoms with E-state index in [-0.39, 0.29) is 0 Å². The first kappa shape index (κ1) is 25.5. The molecule has 154 valence electrons. The van der Waals surface area contributed by atoms with Gasteiger partial charge in [0.05, 0.1) is 31.3 Å². The van der Waals surface area contributed by atoms with Gasteiger partial charge < -0.3 is 23.3 Å². The number of hydrogen-bond donors (Lipinski definition) is 1. The van der Waals surface area contributed by atoms with E-state index in [0.29, 0.717) is 35.3 Å². The van der Waals surface area contributed by atoms with Gasteiger partial charge in [0, 0.05) is 16.5 Å². The third-order valence-electron chi connectivity index (χ3n) is 2.73. The van der Waals surface area contributed by atoms with Crippen LogP contribution in [0.5, 0.6) is 17.2 Å². The number of thiol groups is 1. The largest absolute Gasteiger partial charge is 0.759 e. The van der Waals surface area contributed by atoms with Crippen molar-refractivity contribution in [2.24, 2.45) is 0 Å². The third-order valence-corrected chi connectivity index (χ3v) is 3.08. The lowest BCUT2D eigenvalue weighted by Gasteiger charge is -2.06. The van der Waals surface area contributed by atoms with Crippen molar-refractivity contribution in [3.63, 3.8) is 0 Å². The van der Waals surface area contributed by atoms with Gasteiger partial charge in [-0.05, 0) is 26.0 Å². The highest BCUT2D eigenvalue weighted by atomic mass is 32.3. The van der Waals surface area contributed by atoms with E-state index in [1.54, 1.807) is 19.2 Å². The van der Waals surface area contributed by atoms with Crippen molar-refractivity contribution in [2.45, 2.75) is 18.7 Å². The zero-order valence-corrected chi connectivity index (χ0v) is 17.3. The maximum absolute atomic E-state index is 8.79. The molecule has 0 unspecified atom stereocenters. The lowest BCUT2D eigenvalue weighted by atomic mass is 10.3. The average Bonchev–Trinajstić information content (AvgIpc) is 2.64. The number of ether oxygens (including phenoxy) is 3. The lowest BCUT2D eigenvalue weighted by molar-refractivity contribution is 0.325. The highest BCUT2D eigenvalue weighted by Gasteiger charge is 2.19. The molecule has 0 amide bonds. The highest BCUT2D eigenvalue weighted by Crippen LogP contribution is 2.37. The fourth-order valence-electron chi connectivity index (χ4n) is 1.72. The molecule has 2 aromatic rings. The van der Waals surface area contributed by atoms with Gasteiger partial charge >= 0.3 is 5.69 Å². The molecule has 0 saturated carbocycles. The summed E-state index contributed by atoms with van der Waals surface area (Å²) in [5.74, 6) is 1.98. The summed E-state index contributed by atoms with van der Waals surface area (Å²) in [5, 5.41) is 8.79. The molecule has 0 spiro atoms. The van der Waals surface area contributed by atoms with Gasteiger partial charge in [0.25, 0.3) is 0 Å².